The number of nitrogens with one attached hydrogen (secondary N) is 1. The maximum atomic E-state index is 13.0. The van der Waals surface area contributed by atoms with Gasteiger partial charge >= 0.3 is 0 Å². The van der Waals surface area contributed by atoms with Crippen LogP contribution < -0.4 is 10.1 Å². The van der Waals surface area contributed by atoms with Gasteiger partial charge in [-0.25, -0.2) is 0 Å². The zero-order valence-corrected chi connectivity index (χ0v) is 22.9. The molecule has 41 heavy (non-hydrogen) atoms. The molecule has 4 amide bonds. The van der Waals surface area contributed by atoms with Gasteiger partial charge in [-0.2, -0.15) is 0 Å². The molecular formula is C28H36N2O11. The lowest BCUT2D eigenvalue weighted by Crippen LogP contribution is -2.54. The summed E-state index contributed by atoms with van der Waals surface area (Å²) >= 11 is 0. The predicted octanol–water partition coefficient (Wildman–Crippen LogP) is 0.199. The summed E-state index contributed by atoms with van der Waals surface area (Å²) in [5, 5.41) is 2.18. The van der Waals surface area contributed by atoms with Crippen molar-refractivity contribution in [3.63, 3.8) is 0 Å². The number of carbonyl (C=O) groups is 4. The van der Waals surface area contributed by atoms with Gasteiger partial charge in [0, 0.05) is 6.42 Å². The van der Waals surface area contributed by atoms with Crippen molar-refractivity contribution >= 4 is 23.6 Å². The molecule has 1 unspecified atom stereocenters. The zero-order valence-electron chi connectivity index (χ0n) is 22.9. The maximum absolute atomic E-state index is 13.0. The van der Waals surface area contributed by atoms with Crippen LogP contribution in [0.15, 0.2) is 18.2 Å². The number of ether oxygens (including phenoxy) is 7. The molecule has 13 nitrogen and oxygen atoms in total. The van der Waals surface area contributed by atoms with Crippen molar-refractivity contribution in [3.05, 3.63) is 29.3 Å². The molecule has 0 spiro atoms. The third kappa shape index (κ3) is 10.2. The molecule has 0 saturated carbocycles. The van der Waals surface area contributed by atoms with Gasteiger partial charge in [0.15, 0.2) is 0 Å². The molecule has 1 fully saturated rings. The topological polar surface area (TPSA) is 148 Å². The Morgan fingerprint density at radius 1 is 0.756 bits per heavy atom. The molecule has 0 aliphatic carbocycles. The first kappa shape index (κ1) is 32.1. The van der Waals surface area contributed by atoms with E-state index in [1.165, 1.54) is 6.07 Å². The van der Waals surface area contributed by atoms with Gasteiger partial charge in [0.05, 0.1) is 83.8 Å². The molecule has 1 N–H and O–H groups in total. The molecule has 13 heteroatoms. The average Bonchev–Trinajstić information content (AvgIpc) is 3.22. The molecule has 1 atom stereocenters. The predicted molar refractivity (Wildman–Crippen MR) is 142 cm³/mol. The molecule has 3 rings (SSSR count). The maximum Gasteiger partial charge on any atom is 0.266 e. The highest BCUT2D eigenvalue weighted by atomic mass is 16.6. The lowest BCUT2D eigenvalue weighted by atomic mass is 10.0. The van der Waals surface area contributed by atoms with E-state index in [2.05, 4.69) is 11.2 Å². The van der Waals surface area contributed by atoms with Crippen LogP contribution in [-0.4, -0.2) is 120 Å². The summed E-state index contributed by atoms with van der Waals surface area (Å²) in [6, 6.07) is 3.67. The van der Waals surface area contributed by atoms with E-state index in [4.69, 9.17) is 39.6 Å². The van der Waals surface area contributed by atoms with Crippen LogP contribution >= 0.6 is 0 Å². The number of piperidine rings is 1. The summed E-state index contributed by atoms with van der Waals surface area (Å²) in [5.74, 6) is 0.321. The number of carbonyl (C=O) groups excluding carboxylic acids is 4. The fraction of sp³-hybridized carbons (Fsp3) is 0.571. The van der Waals surface area contributed by atoms with Crippen LogP contribution in [0.1, 0.15) is 33.6 Å². The van der Waals surface area contributed by atoms with E-state index < -0.39 is 29.7 Å². The molecular weight excluding hydrogens is 540 g/mol. The van der Waals surface area contributed by atoms with Gasteiger partial charge in [0.1, 0.15) is 25.0 Å². The van der Waals surface area contributed by atoms with Gasteiger partial charge in [0.25, 0.3) is 11.8 Å². The zero-order chi connectivity index (χ0) is 29.3. The molecule has 224 valence electrons. The summed E-state index contributed by atoms with van der Waals surface area (Å²) in [7, 11) is 0. The van der Waals surface area contributed by atoms with Crippen LogP contribution in [0.25, 0.3) is 0 Å². The average molecular weight is 577 g/mol. The Balaban J connectivity index is 1.20. The molecule has 0 aromatic heterocycles. The normalized spacial score (nSPS) is 16.6. The second kappa shape index (κ2) is 18.1. The SMILES string of the molecule is C#CCOCCOCCOCCOCCOCCOCCOc1cccc2c1C(=O)N(C1CCC(=O)NC1=O)C2=O. The Morgan fingerprint density at radius 2 is 1.29 bits per heavy atom. The van der Waals surface area contributed by atoms with Crippen molar-refractivity contribution in [2.75, 3.05) is 85.9 Å². The van der Waals surface area contributed by atoms with Crippen LogP contribution in [0, 0.1) is 12.3 Å². The Bertz CT molecular complexity index is 1070. The van der Waals surface area contributed by atoms with E-state index in [9.17, 15) is 19.2 Å². The van der Waals surface area contributed by atoms with E-state index >= 15 is 0 Å². The van der Waals surface area contributed by atoms with Gasteiger partial charge in [-0.15, -0.1) is 6.42 Å². The van der Waals surface area contributed by atoms with E-state index in [-0.39, 0.29) is 49.5 Å². The van der Waals surface area contributed by atoms with Gasteiger partial charge in [-0.1, -0.05) is 12.0 Å². The summed E-state index contributed by atoms with van der Waals surface area (Å²) in [6.45, 7) is 5.00. The summed E-state index contributed by atoms with van der Waals surface area (Å²) in [5.41, 5.74) is 0.263. The number of terminal acetylenes is 1. The minimum absolute atomic E-state index is 0.0547. The fourth-order valence-electron chi connectivity index (χ4n) is 4.05. The van der Waals surface area contributed by atoms with Crippen molar-refractivity contribution in [1.29, 1.82) is 0 Å². The fourth-order valence-corrected chi connectivity index (χ4v) is 4.05. The molecule has 1 aromatic carbocycles. The van der Waals surface area contributed by atoms with Crippen LogP contribution in [0.3, 0.4) is 0 Å². The first-order chi connectivity index (χ1) is 20.0. The Labute approximate surface area is 238 Å². The molecule has 2 aliphatic heterocycles. The van der Waals surface area contributed by atoms with E-state index in [0.29, 0.717) is 66.1 Å². The van der Waals surface area contributed by atoms with Crippen molar-refractivity contribution in [2.45, 2.75) is 18.9 Å². The number of hydrogen-bond acceptors (Lipinski definition) is 11. The van der Waals surface area contributed by atoms with Crippen LogP contribution in [-0.2, 0) is 38.0 Å². The van der Waals surface area contributed by atoms with Crippen molar-refractivity contribution in [2.24, 2.45) is 0 Å². The van der Waals surface area contributed by atoms with Crippen molar-refractivity contribution in [1.82, 2.24) is 10.2 Å². The number of nitrogens with zero attached hydrogens (tertiary/aromatic N) is 1. The second-order valence-corrected chi connectivity index (χ2v) is 8.79. The minimum atomic E-state index is -1.03. The quantitative estimate of drug-likeness (QED) is 0.122. The van der Waals surface area contributed by atoms with Crippen LogP contribution in [0.2, 0.25) is 0 Å². The lowest BCUT2D eigenvalue weighted by Gasteiger charge is -2.27. The number of benzene rings is 1. The van der Waals surface area contributed by atoms with E-state index in [0.717, 1.165) is 4.90 Å². The van der Waals surface area contributed by atoms with Gasteiger partial charge in [0.2, 0.25) is 11.8 Å². The van der Waals surface area contributed by atoms with Crippen LogP contribution in [0.5, 0.6) is 5.75 Å². The van der Waals surface area contributed by atoms with Crippen LogP contribution in [0.4, 0.5) is 0 Å². The van der Waals surface area contributed by atoms with E-state index in [1.807, 2.05) is 0 Å². The minimum Gasteiger partial charge on any atom is -0.490 e. The summed E-state index contributed by atoms with van der Waals surface area (Å²) in [4.78, 5) is 50.5. The molecule has 0 bridgehead atoms. The third-order valence-corrected chi connectivity index (χ3v) is 5.96. The highest BCUT2D eigenvalue weighted by Gasteiger charge is 2.45. The molecule has 1 aromatic rings. The Morgan fingerprint density at radius 3 is 1.83 bits per heavy atom. The highest BCUT2D eigenvalue weighted by molar-refractivity contribution is 6.24. The molecule has 1 saturated heterocycles. The van der Waals surface area contributed by atoms with Crippen molar-refractivity contribution in [3.8, 4) is 18.1 Å². The largest absolute Gasteiger partial charge is 0.490 e. The number of hydrogen-bond donors (Lipinski definition) is 1. The lowest BCUT2D eigenvalue weighted by molar-refractivity contribution is -0.136. The first-order valence-electron chi connectivity index (χ1n) is 13.4. The Hall–Kier alpha value is -3.38. The molecule has 2 aliphatic rings. The summed E-state index contributed by atoms with van der Waals surface area (Å²) in [6.07, 6.45) is 5.21. The van der Waals surface area contributed by atoms with Gasteiger partial charge in [-0.3, -0.25) is 29.4 Å². The smallest absolute Gasteiger partial charge is 0.266 e. The van der Waals surface area contributed by atoms with E-state index in [1.54, 1.807) is 12.1 Å². The van der Waals surface area contributed by atoms with Crippen molar-refractivity contribution < 1.29 is 52.3 Å². The number of imide groups is 2. The third-order valence-electron chi connectivity index (χ3n) is 5.96. The van der Waals surface area contributed by atoms with Gasteiger partial charge in [-0.05, 0) is 18.6 Å². The molecule has 2 heterocycles. The standard InChI is InChI=1S/C28H36N2O11/c1-2-8-35-9-10-36-11-12-37-13-14-38-15-16-39-17-18-40-19-20-41-23-5-3-4-21-25(23)28(34)30(27(21)33)22-6-7-24(31)29-26(22)32/h1,3-5,22H,6-20H2,(H,29,31,32). The number of fused-ring (bicyclic) bond motifs is 1. The first-order valence-corrected chi connectivity index (χ1v) is 13.4. The highest BCUT2D eigenvalue weighted by Crippen LogP contribution is 2.33. The van der Waals surface area contributed by atoms with Gasteiger partial charge < -0.3 is 33.2 Å². The monoisotopic (exact) mass is 576 g/mol. The number of rotatable bonds is 21. The number of amides is 4. The second-order valence-electron chi connectivity index (χ2n) is 8.79. The summed E-state index contributed by atoms with van der Waals surface area (Å²) < 4.78 is 37.9. The molecule has 0 radical (unpaired) electrons. The Kier molecular flexibility index (Phi) is 14.2.